The van der Waals surface area contributed by atoms with Crippen molar-refractivity contribution in [2.24, 2.45) is 0 Å². The molecule has 0 aliphatic carbocycles. The number of carbonyl (C=O) groups is 1. The summed E-state index contributed by atoms with van der Waals surface area (Å²) in [6.07, 6.45) is 2.56. The zero-order valence-corrected chi connectivity index (χ0v) is 15.1. The lowest BCUT2D eigenvalue weighted by Gasteiger charge is -2.37. The molecule has 0 spiro atoms. The fourth-order valence-electron chi connectivity index (χ4n) is 2.95. The summed E-state index contributed by atoms with van der Waals surface area (Å²) in [6, 6.07) is 5.32. The van der Waals surface area contributed by atoms with Crippen molar-refractivity contribution in [2.75, 3.05) is 27.3 Å². The first-order chi connectivity index (χ1) is 12.4. The highest BCUT2D eigenvalue weighted by atomic mass is 16.5. The third-order valence-electron chi connectivity index (χ3n) is 4.56. The quantitative estimate of drug-likeness (QED) is 0.880. The Morgan fingerprint density at radius 1 is 1.19 bits per heavy atom. The summed E-state index contributed by atoms with van der Waals surface area (Å²) in [5.41, 5.74) is 0.857. The number of piperidine rings is 1. The Kier molecular flexibility index (Phi) is 5.03. The van der Waals surface area contributed by atoms with E-state index in [1.54, 1.807) is 11.1 Å². The zero-order chi connectivity index (χ0) is 18.7. The molecule has 3 heterocycles. The average Bonchev–Trinajstić information content (AvgIpc) is 2.68. The van der Waals surface area contributed by atoms with Crippen LogP contribution in [0, 0.1) is 6.92 Å². The molecule has 0 saturated carbocycles. The summed E-state index contributed by atoms with van der Waals surface area (Å²) in [7, 11) is 2.89. The molecule has 8 nitrogen and oxygen atoms in total. The minimum absolute atomic E-state index is 0.0741. The van der Waals surface area contributed by atoms with E-state index in [0.29, 0.717) is 31.6 Å². The fourth-order valence-corrected chi connectivity index (χ4v) is 2.95. The first-order valence-corrected chi connectivity index (χ1v) is 8.37. The fraction of sp³-hybridized carbons (Fsp3) is 0.444. The van der Waals surface area contributed by atoms with Gasteiger partial charge >= 0.3 is 6.01 Å². The van der Waals surface area contributed by atoms with Gasteiger partial charge < -0.3 is 19.5 Å². The standard InChI is InChI=1S/C18H22N4O4/c1-12-4-5-14(19-11-12)18(24)6-8-22(9-7-18)16(23)13-10-15(25-2)21-17(20-13)26-3/h4-5,10-11,24H,6-9H2,1-3H3. The first kappa shape index (κ1) is 18.1. The number of likely N-dealkylation sites (tertiary alicyclic amines) is 1. The highest BCUT2D eigenvalue weighted by Crippen LogP contribution is 2.32. The van der Waals surface area contributed by atoms with Gasteiger partial charge in [0.1, 0.15) is 11.3 Å². The number of aliphatic hydroxyl groups is 1. The van der Waals surface area contributed by atoms with Gasteiger partial charge in [-0.05, 0) is 31.4 Å². The van der Waals surface area contributed by atoms with Gasteiger partial charge in [0.2, 0.25) is 5.88 Å². The van der Waals surface area contributed by atoms with Crippen LogP contribution in [0.1, 0.15) is 34.6 Å². The number of pyridine rings is 1. The maximum absolute atomic E-state index is 12.8. The number of aryl methyl sites for hydroxylation is 1. The molecule has 3 rings (SSSR count). The number of hydrogen-bond acceptors (Lipinski definition) is 7. The van der Waals surface area contributed by atoms with Crippen molar-refractivity contribution in [3.8, 4) is 11.9 Å². The number of ether oxygens (including phenoxy) is 2. The van der Waals surface area contributed by atoms with Crippen molar-refractivity contribution in [2.45, 2.75) is 25.4 Å². The van der Waals surface area contributed by atoms with E-state index in [4.69, 9.17) is 9.47 Å². The molecule has 1 N–H and O–H groups in total. The van der Waals surface area contributed by atoms with E-state index in [-0.39, 0.29) is 23.5 Å². The van der Waals surface area contributed by atoms with Gasteiger partial charge in [0, 0.05) is 25.4 Å². The summed E-state index contributed by atoms with van der Waals surface area (Å²) in [5, 5.41) is 10.9. The lowest BCUT2D eigenvalue weighted by molar-refractivity contribution is -0.0245. The maximum atomic E-state index is 12.8. The second-order valence-corrected chi connectivity index (χ2v) is 6.33. The van der Waals surface area contributed by atoms with Crippen LogP contribution in [0.2, 0.25) is 0 Å². The maximum Gasteiger partial charge on any atom is 0.320 e. The highest BCUT2D eigenvalue weighted by molar-refractivity contribution is 5.92. The Morgan fingerprint density at radius 3 is 2.50 bits per heavy atom. The molecule has 1 aliphatic heterocycles. The Bertz CT molecular complexity index is 764. The number of amides is 1. The van der Waals surface area contributed by atoms with Crippen LogP contribution >= 0.6 is 0 Å². The minimum atomic E-state index is -1.02. The average molecular weight is 358 g/mol. The second-order valence-electron chi connectivity index (χ2n) is 6.33. The van der Waals surface area contributed by atoms with Crippen molar-refractivity contribution in [1.82, 2.24) is 19.9 Å². The van der Waals surface area contributed by atoms with Gasteiger partial charge in [-0.1, -0.05) is 6.07 Å². The zero-order valence-electron chi connectivity index (χ0n) is 15.1. The lowest BCUT2D eigenvalue weighted by Crippen LogP contribution is -2.45. The smallest absolute Gasteiger partial charge is 0.320 e. The molecule has 138 valence electrons. The number of carbonyl (C=O) groups excluding carboxylic acids is 1. The van der Waals surface area contributed by atoms with Gasteiger partial charge in [0.05, 0.1) is 19.9 Å². The molecule has 1 amide bonds. The van der Waals surface area contributed by atoms with E-state index in [1.165, 1.54) is 20.3 Å². The molecule has 0 aromatic carbocycles. The van der Waals surface area contributed by atoms with Gasteiger partial charge in [-0.2, -0.15) is 9.97 Å². The van der Waals surface area contributed by atoms with E-state index in [2.05, 4.69) is 15.0 Å². The Balaban J connectivity index is 1.73. The Hall–Kier alpha value is -2.74. The van der Waals surface area contributed by atoms with Gasteiger partial charge in [-0.3, -0.25) is 9.78 Å². The van der Waals surface area contributed by atoms with Crippen molar-refractivity contribution in [1.29, 1.82) is 0 Å². The van der Waals surface area contributed by atoms with Gasteiger partial charge in [0.25, 0.3) is 5.91 Å². The third kappa shape index (κ3) is 3.60. The van der Waals surface area contributed by atoms with Crippen LogP contribution in [0.25, 0.3) is 0 Å². The molecular weight excluding hydrogens is 336 g/mol. The van der Waals surface area contributed by atoms with E-state index < -0.39 is 5.60 Å². The summed E-state index contributed by atoms with van der Waals surface area (Å²) in [6.45, 7) is 2.76. The molecule has 0 bridgehead atoms. The predicted octanol–water partition coefficient (Wildman–Crippen LogP) is 1.32. The normalized spacial score (nSPS) is 16.2. The molecule has 2 aromatic rings. The molecule has 8 heteroatoms. The summed E-state index contributed by atoms with van der Waals surface area (Å²) in [4.78, 5) is 26.8. The highest BCUT2D eigenvalue weighted by Gasteiger charge is 2.37. The number of nitrogens with zero attached hydrogens (tertiary/aromatic N) is 4. The van der Waals surface area contributed by atoms with Crippen LogP contribution in [0.3, 0.4) is 0 Å². The first-order valence-electron chi connectivity index (χ1n) is 8.37. The van der Waals surface area contributed by atoms with Crippen LogP contribution in [0.5, 0.6) is 11.9 Å². The molecule has 1 fully saturated rings. The Morgan fingerprint density at radius 2 is 1.92 bits per heavy atom. The molecule has 0 radical (unpaired) electrons. The molecule has 26 heavy (non-hydrogen) atoms. The van der Waals surface area contributed by atoms with Crippen molar-refractivity contribution in [3.05, 3.63) is 41.3 Å². The van der Waals surface area contributed by atoms with Crippen LogP contribution in [-0.4, -0.2) is 58.2 Å². The van der Waals surface area contributed by atoms with Crippen molar-refractivity contribution >= 4 is 5.91 Å². The van der Waals surface area contributed by atoms with Gasteiger partial charge in [-0.15, -0.1) is 0 Å². The van der Waals surface area contributed by atoms with Crippen LogP contribution in [-0.2, 0) is 5.60 Å². The third-order valence-corrected chi connectivity index (χ3v) is 4.56. The second kappa shape index (κ2) is 7.25. The summed E-state index contributed by atoms with van der Waals surface area (Å²) in [5.74, 6) is 0.0143. The number of rotatable bonds is 4. The van der Waals surface area contributed by atoms with Crippen molar-refractivity contribution in [3.63, 3.8) is 0 Å². The summed E-state index contributed by atoms with van der Waals surface area (Å²) >= 11 is 0. The Labute approximate surface area is 151 Å². The van der Waals surface area contributed by atoms with E-state index >= 15 is 0 Å². The number of aromatic nitrogens is 3. The molecule has 0 unspecified atom stereocenters. The SMILES string of the molecule is COc1cc(C(=O)N2CCC(O)(c3ccc(C)cn3)CC2)nc(OC)n1. The minimum Gasteiger partial charge on any atom is -0.481 e. The largest absolute Gasteiger partial charge is 0.481 e. The predicted molar refractivity (Wildman–Crippen MR) is 93.1 cm³/mol. The topological polar surface area (TPSA) is 97.7 Å². The van der Waals surface area contributed by atoms with E-state index in [0.717, 1.165) is 5.56 Å². The van der Waals surface area contributed by atoms with Crippen molar-refractivity contribution < 1.29 is 19.4 Å². The van der Waals surface area contributed by atoms with E-state index in [9.17, 15) is 9.90 Å². The molecule has 0 atom stereocenters. The van der Waals surface area contributed by atoms with Gasteiger partial charge in [0.15, 0.2) is 0 Å². The monoisotopic (exact) mass is 358 g/mol. The summed E-state index contributed by atoms with van der Waals surface area (Å²) < 4.78 is 10.1. The number of methoxy groups -OCH3 is 2. The molecular formula is C18H22N4O4. The lowest BCUT2D eigenvalue weighted by atomic mass is 9.87. The van der Waals surface area contributed by atoms with Gasteiger partial charge in [-0.25, -0.2) is 0 Å². The molecule has 1 saturated heterocycles. The molecule has 2 aromatic heterocycles. The van der Waals surface area contributed by atoms with Crippen LogP contribution in [0.15, 0.2) is 24.4 Å². The van der Waals surface area contributed by atoms with E-state index in [1.807, 2.05) is 19.1 Å². The van der Waals surface area contributed by atoms with Crippen LogP contribution in [0.4, 0.5) is 0 Å². The molecule has 1 aliphatic rings. The van der Waals surface area contributed by atoms with Crippen LogP contribution < -0.4 is 9.47 Å². The number of hydrogen-bond donors (Lipinski definition) is 1.